The van der Waals surface area contributed by atoms with Gasteiger partial charge in [0.15, 0.2) is 4.96 Å². The van der Waals surface area contributed by atoms with E-state index in [4.69, 9.17) is 14.5 Å². The fraction of sp³-hybridized carbons (Fsp3) is 0.273. The number of nitrogens with zero attached hydrogens (tertiary/aromatic N) is 2. The van der Waals surface area contributed by atoms with E-state index in [9.17, 15) is 4.79 Å². The summed E-state index contributed by atoms with van der Waals surface area (Å²) < 4.78 is 14.0. The zero-order valence-electron chi connectivity index (χ0n) is 16.1. The van der Waals surface area contributed by atoms with Gasteiger partial charge in [0.05, 0.1) is 29.1 Å². The highest BCUT2D eigenvalue weighted by molar-refractivity contribution is 7.23. The van der Waals surface area contributed by atoms with Crippen molar-refractivity contribution in [1.29, 1.82) is 0 Å². The summed E-state index contributed by atoms with van der Waals surface area (Å²) in [6.07, 6.45) is 4.25. The third-order valence-electron chi connectivity index (χ3n) is 5.24. The molecule has 0 saturated carbocycles. The SMILES string of the molecule is COc1cccc(-c2cn3c(n2)sc2cc(C(=O)NC[C@H]4CCCO4)ccc23)c1. The highest BCUT2D eigenvalue weighted by Gasteiger charge is 2.17. The van der Waals surface area contributed by atoms with E-state index in [2.05, 4.69) is 9.72 Å². The van der Waals surface area contributed by atoms with Crippen LogP contribution in [-0.2, 0) is 4.74 Å². The second kappa shape index (κ2) is 7.50. The lowest BCUT2D eigenvalue weighted by Crippen LogP contribution is -2.31. The first-order valence-corrected chi connectivity index (χ1v) is 10.5. The third kappa shape index (κ3) is 3.47. The molecular weight excluding hydrogens is 386 g/mol. The van der Waals surface area contributed by atoms with Gasteiger partial charge >= 0.3 is 0 Å². The van der Waals surface area contributed by atoms with Gasteiger partial charge in [-0.25, -0.2) is 4.98 Å². The molecule has 2 aromatic carbocycles. The van der Waals surface area contributed by atoms with Gasteiger partial charge in [-0.05, 0) is 43.2 Å². The average molecular weight is 407 g/mol. The second-order valence-corrected chi connectivity index (χ2v) is 8.15. The highest BCUT2D eigenvalue weighted by Crippen LogP contribution is 2.31. The van der Waals surface area contributed by atoms with Crippen LogP contribution in [0.5, 0.6) is 5.75 Å². The Labute approximate surface area is 172 Å². The number of hydrogen-bond acceptors (Lipinski definition) is 5. The predicted octanol–water partition coefficient (Wildman–Crippen LogP) is 4.13. The molecule has 0 aliphatic carbocycles. The standard InChI is InChI=1S/C22H21N3O3S/c1-27-16-5-2-4-14(10-16)18-13-25-19-8-7-15(11-20(19)29-22(25)24-18)21(26)23-12-17-6-3-9-28-17/h2,4-5,7-8,10-11,13,17H,3,6,9,12H2,1H3,(H,23,26)/t17-/m1/s1. The number of nitrogens with one attached hydrogen (secondary N) is 1. The minimum Gasteiger partial charge on any atom is -0.497 e. The van der Waals surface area contributed by atoms with Gasteiger partial charge in [-0.1, -0.05) is 23.5 Å². The lowest BCUT2D eigenvalue weighted by molar-refractivity contribution is 0.0858. The van der Waals surface area contributed by atoms with Crippen molar-refractivity contribution >= 4 is 32.4 Å². The number of benzene rings is 2. The number of fused-ring (bicyclic) bond motifs is 3. The van der Waals surface area contributed by atoms with Gasteiger partial charge in [-0.2, -0.15) is 0 Å². The molecule has 0 spiro atoms. The Hall–Kier alpha value is -2.90. The first kappa shape index (κ1) is 18.1. The quantitative estimate of drug-likeness (QED) is 0.540. The second-order valence-electron chi connectivity index (χ2n) is 7.14. The largest absolute Gasteiger partial charge is 0.497 e. The number of hydrogen-bond donors (Lipinski definition) is 1. The van der Waals surface area contributed by atoms with Crippen molar-refractivity contribution in [2.75, 3.05) is 20.3 Å². The first-order valence-electron chi connectivity index (χ1n) is 9.67. The summed E-state index contributed by atoms with van der Waals surface area (Å²) in [5, 5.41) is 2.98. The molecular formula is C22H21N3O3S. The smallest absolute Gasteiger partial charge is 0.251 e. The Morgan fingerprint density at radius 3 is 3.10 bits per heavy atom. The molecule has 2 aromatic heterocycles. The minimum atomic E-state index is -0.0643. The number of ether oxygens (including phenoxy) is 2. The number of carbonyl (C=O) groups is 1. The summed E-state index contributed by atoms with van der Waals surface area (Å²) >= 11 is 1.58. The van der Waals surface area contributed by atoms with Crippen LogP contribution in [0.25, 0.3) is 26.4 Å². The Bertz CT molecular complexity index is 1190. The van der Waals surface area contributed by atoms with Crippen molar-refractivity contribution in [3.8, 4) is 17.0 Å². The highest BCUT2D eigenvalue weighted by atomic mass is 32.1. The monoisotopic (exact) mass is 407 g/mol. The van der Waals surface area contributed by atoms with E-state index in [0.717, 1.165) is 51.6 Å². The normalized spacial score (nSPS) is 16.5. The van der Waals surface area contributed by atoms with Gasteiger partial charge in [-0.3, -0.25) is 9.20 Å². The van der Waals surface area contributed by atoms with Crippen molar-refractivity contribution in [3.05, 3.63) is 54.2 Å². The van der Waals surface area contributed by atoms with E-state index < -0.39 is 0 Å². The van der Waals surface area contributed by atoms with Crippen LogP contribution >= 0.6 is 11.3 Å². The molecule has 148 valence electrons. The van der Waals surface area contributed by atoms with Crippen molar-refractivity contribution in [2.24, 2.45) is 0 Å². The van der Waals surface area contributed by atoms with Crippen molar-refractivity contribution in [3.63, 3.8) is 0 Å². The minimum absolute atomic E-state index is 0.0643. The van der Waals surface area contributed by atoms with Gasteiger partial charge in [0, 0.05) is 30.5 Å². The first-order chi connectivity index (χ1) is 14.2. The molecule has 1 fully saturated rings. The maximum atomic E-state index is 12.5. The lowest BCUT2D eigenvalue weighted by atomic mass is 10.1. The van der Waals surface area contributed by atoms with Crippen LogP contribution in [0.4, 0.5) is 0 Å². The number of thiazole rings is 1. The number of aromatic nitrogens is 2. The molecule has 4 aromatic rings. The van der Waals surface area contributed by atoms with Gasteiger partial charge in [-0.15, -0.1) is 0 Å². The summed E-state index contributed by atoms with van der Waals surface area (Å²) in [5.74, 6) is 0.743. The topological polar surface area (TPSA) is 64.9 Å². The van der Waals surface area contributed by atoms with E-state index in [1.165, 1.54) is 0 Å². The number of amides is 1. The van der Waals surface area contributed by atoms with Crippen LogP contribution in [0, 0.1) is 0 Å². The Morgan fingerprint density at radius 2 is 2.28 bits per heavy atom. The number of carbonyl (C=O) groups excluding carboxylic acids is 1. The maximum absolute atomic E-state index is 12.5. The summed E-state index contributed by atoms with van der Waals surface area (Å²) in [7, 11) is 1.66. The molecule has 3 heterocycles. The predicted molar refractivity (Wildman–Crippen MR) is 114 cm³/mol. The van der Waals surface area contributed by atoms with Gasteiger partial charge in [0.1, 0.15) is 5.75 Å². The van der Waals surface area contributed by atoms with Crippen LogP contribution in [-0.4, -0.2) is 41.7 Å². The number of rotatable bonds is 5. The van der Waals surface area contributed by atoms with Crippen molar-refractivity contribution < 1.29 is 14.3 Å². The molecule has 6 nitrogen and oxygen atoms in total. The van der Waals surface area contributed by atoms with Crippen molar-refractivity contribution in [2.45, 2.75) is 18.9 Å². The van der Waals surface area contributed by atoms with E-state index >= 15 is 0 Å². The maximum Gasteiger partial charge on any atom is 0.251 e. The van der Waals surface area contributed by atoms with Crippen LogP contribution < -0.4 is 10.1 Å². The number of methoxy groups -OCH3 is 1. The van der Waals surface area contributed by atoms with Crippen molar-refractivity contribution in [1.82, 2.24) is 14.7 Å². The fourth-order valence-corrected chi connectivity index (χ4v) is 4.72. The van der Waals surface area contributed by atoms with Gasteiger partial charge < -0.3 is 14.8 Å². The molecule has 1 aliphatic heterocycles. The molecule has 29 heavy (non-hydrogen) atoms. The Morgan fingerprint density at radius 1 is 1.34 bits per heavy atom. The Balaban J connectivity index is 1.41. The van der Waals surface area contributed by atoms with Gasteiger partial charge in [0.25, 0.3) is 5.91 Å². The molecule has 1 amide bonds. The van der Waals surface area contributed by atoms with E-state index in [0.29, 0.717) is 12.1 Å². The van der Waals surface area contributed by atoms with Gasteiger partial charge in [0.2, 0.25) is 0 Å². The summed E-state index contributed by atoms with van der Waals surface area (Å²) in [4.78, 5) is 18.2. The van der Waals surface area contributed by atoms with E-state index in [1.54, 1.807) is 18.4 Å². The molecule has 0 radical (unpaired) electrons. The summed E-state index contributed by atoms with van der Waals surface area (Å²) in [5.41, 5.74) is 3.62. The van der Waals surface area contributed by atoms with Crippen LogP contribution in [0.15, 0.2) is 48.7 Å². The zero-order chi connectivity index (χ0) is 19.8. The zero-order valence-corrected chi connectivity index (χ0v) is 16.9. The summed E-state index contributed by atoms with van der Waals surface area (Å²) in [6, 6.07) is 13.7. The molecule has 1 aliphatic rings. The molecule has 7 heteroatoms. The average Bonchev–Trinajstić information content (AvgIpc) is 3.47. The van der Waals surface area contributed by atoms with Crippen LogP contribution in [0.3, 0.4) is 0 Å². The molecule has 0 bridgehead atoms. The molecule has 1 N–H and O–H groups in total. The third-order valence-corrected chi connectivity index (χ3v) is 6.25. The van der Waals surface area contributed by atoms with E-state index in [1.807, 2.05) is 48.7 Å². The van der Waals surface area contributed by atoms with E-state index in [-0.39, 0.29) is 12.0 Å². The fourth-order valence-electron chi connectivity index (χ4n) is 3.68. The molecule has 1 atom stereocenters. The number of imidazole rings is 1. The van der Waals surface area contributed by atoms with Crippen LogP contribution in [0.1, 0.15) is 23.2 Å². The molecule has 5 rings (SSSR count). The molecule has 0 unspecified atom stereocenters. The summed E-state index contributed by atoms with van der Waals surface area (Å²) in [6.45, 7) is 1.35. The lowest BCUT2D eigenvalue weighted by Gasteiger charge is -2.10. The molecule has 1 saturated heterocycles. The Kier molecular flexibility index (Phi) is 4.69. The van der Waals surface area contributed by atoms with Crippen LogP contribution in [0.2, 0.25) is 0 Å².